The first-order chi connectivity index (χ1) is 54.4. The number of phenolic OH excluding ortho intramolecular Hbond substituents is 1. The summed E-state index contributed by atoms with van der Waals surface area (Å²) in [5, 5.41) is 38.3. The Bertz CT molecular complexity index is 3470. The molecule has 0 heterocycles. The summed E-state index contributed by atoms with van der Waals surface area (Å²) in [4.78, 5) is 207. The van der Waals surface area contributed by atoms with Gasteiger partial charge in [0.25, 0.3) is 0 Å². The predicted octanol–water partition coefficient (Wildman–Crippen LogP) is -11.1. The van der Waals surface area contributed by atoms with Gasteiger partial charge < -0.3 is 154 Å². The Morgan fingerprint density at radius 3 is 0.904 bits per heavy atom. The minimum absolute atomic E-state index is 0.000546. The van der Waals surface area contributed by atoms with Crippen molar-refractivity contribution in [3.8, 4) is 5.75 Å². The molecule has 47 heteroatoms. The van der Waals surface area contributed by atoms with Crippen molar-refractivity contribution in [1.29, 1.82) is 0 Å². The molecule has 0 spiro atoms. The van der Waals surface area contributed by atoms with Crippen LogP contribution in [-0.4, -0.2) is 256 Å². The van der Waals surface area contributed by atoms with Gasteiger partial charge in [-0.25, -0.2) is 0 Å². The molecule has 0 fully saturated rings. The second-order valence-electron chi connectivity index (χ2n) is 26.9. The van der Waals surface area contributed by atoms with Gasteiger partial charge in [-0.2, -0.15) is 0 Å². The fourth-order valence-electron chi connectivity index (χ4n) is 10.9. The van der Waals surface area contributed by atoms with Crippen LogP contribution in [-0.2, 0) is 68.7 Å². The molecule has 47 nitrogen and oxygen atoms in total. The molecule has 1 aromatic rings. The lowest BCUT2D eigenvalue weighted by Gasteiger charge is -2.28. The molecule has 646 valence electrons. The summed E-state index contributed by atoms with van der Waals surface area (Å²) >= 11 is 0. The highest BCUT2D eigenvalue weighted by Crippen LogP contribution is 2.15. The molecule has 1 rings (SSSR count). The van der Waals surface area contributed by atoms with Gasteiger partial charge in [0, 0.05) is 73.1 Å². The summed E-state index contributed by atoms with van der Waals surface area (Å²) in [6, 6.07) is -8.78. The molecule has 115 heavy (non-hydrogen) atoms. The molecule has 0 radical (unpaired) electrons. The number of hydrogen-bond donors (Lipinski definition) is 27. The van der Waals surface area contributed by atoms with E-state index in [0.717, 1.165) is 0 Å². The summed E-state index contributed by atoms with van der Waals surface area (Å²) in [5.74, 6) is -13.0. The minimum Gasteiger partial charge on any atom is -0.508 e. The van der Waals surface area contributed by atoms with Crippen LogP contribution in [0.4, 0.5) is 0 Å². The molecule has 0 aliphatic heterocycles. The van der Waals surface area contributed by atoms with Crippen LogP contribution in [0, 0.1) is 0 Å². The van der Waals surface area contributed by atoms with Gasteiger partial charge in [0.15, 0.2) is 35.8 Å². The van der Waals surface area contributed by atoms with Gasteiger partial charge in [-0.05, 0) is 153 Å². The van der Waals surface area contributed by atoms with Crippen molar-refractivity contribution in [2.24, 2.45) is 116 Å². The van der Waals surface area contributed by atoms with E-state index < -0.39 is 157 Å². The van der Waals surface area contributed by atoms with E-state index in [1.54, 1.807) is 26.2 Å². The number of carbonyl (C=O) groups excluding carboxylic acids is 13. The highest BCUT2D eigenvalue weighted by molar-refractivity contribution is 5.99. The second-order valence-corrected chi connectivity index (χ2v) is 26.9. The smallest absolute Gasteiger partial charge is 0.243 e. The molecule has 10 atom stereocenters. The number of aliphatic imine (C=N–C) groups is 6. The number of rotatable bonds is 59. The van der Waals surface area contributed by atoms with E-state index in [4.69, 9.17) is 86.0 Å². The molecule has 1 aromatic carbocycles. The number of nitrogens with two attached hydrogens (primary N) is 15. The van der Waals surface area contributed by atoms with Crippen molar-refractivity contribution in [1.82, 2.24) is 63.4 Å². The molecule has 0 aromatic heterocycles. The van der Waals surface area contributed by atoms with Crippen molar-refractivity contribution >= 4 is 113 Å². The molecule has 0 bridgehead atoms. The Labute approximate surface area is 667 Å². The number of nitrogens with zero attached hydrogens (tertiary/aromatic N) is 7. The number of nitrogens with one attached hydrogen (secondary N) is 11. The summed E-state index contributed by atoms with van der Waals surface area (Å²) in [7, 11) is 3.25. The highest BCUT2D eigenvalue weighted by Gasteiger charge is 2.36. The summed E-state index contributed by atoms with van der Waals surface area (Å²) in [6.07, 6.45) is -0.601. The number of phenols is 1. The van der Waals surface area contributed by atoms with Crippen LogP contribution in [0.2, 0.25) is 0 Å². The zero-order valence-corrected chi connectivity index (χ0v) is 65.8. The monoisotopic (exact) mass is 1630 g/mol. The van der Waals surface area contributed by atoms with Crippen molar-refractivity contribution < 1.29 is 67.4 Å². The Morgan fingerprint density at radius 1 is 0.348 bits per heavy atom. The van der Waals surface area contributed by atoms with E-state index in [-0.39, 0.29) is 203 Å². The topological polar surface area (TPSA) is 842 Å². The Balaban J connectivity index is 3.98. The molecule has 0 saturated heterocycles. The van der Waals surface area contributed by atoms with Crippen molar-refractivity contribution in [2.45, 2.75) is 202 Å². The molecule has 0 aliphatic rings. The number of carbonyl (C=O) groups is 13. The molecule has 0 aliphatic carbocycles. The van der Waals surface area contributed by atoms with E-state index in [1.807, 2.05) is 0 Å². The molecule has 0 saturated carbocycles. The molecule has 42 N–H and O–H groups in total. The lowest BCUT2D eigenvalue weighted by molar-refractivity contribution is -0.136. The first-order valence-electron chi connectivity index (χ1n) is 37.6. The Hall–Kier alpha value is -12.3. The van der Waals surface area contributed by atoms with E-state index in [2.05, 4.69) is 88.4 Å². The molecular weight excluding hydrogens is 1500 g/mol. The average Bonchev–Trinajstić information content (AvgIpc) is 0.864. The third-order valence-electron chi connectivity index (χ3n) is 16.9. The minimum atomic E-state index is -1.72. The third kappa shape index (κ3) is 46.3. The first-order valence-corrected chi connectivity index (χ1v) is 37.6. The Morgan fingerprint density at radius 2 is 0.626 bits per heavy atom. The van der Waals surface area contributed by atoms with Crippen LogP contribution in [0.15, 0.2) is 54.2 Å². The number of unbranched alkanes of at least 4 members (excludes halogenated alkanes) is 2. The third-order valence-corrected chi connectivity index (χ3v) is 16.9. The summed E-state index contributed by atoms with van der Waals surface area (Å²) in [5.41, 5.74) is 85.1. The number of primary amides is 2. The van der Waals surface area contributed by atoms with Crippen molar-refractivity contribution in [3.63, 3.8) is 0 Å². The van der Waals surface area contributed by atoms with Crippen LogP contribution in [0.25, 0.3) is 0 Å². The first kappa shape index (κ1) is 101. The average molecular weight is 1630 g/mol. The van der Waals surface area contributed by atoms with Crippen molar-refractivity contribution in [2.75, 3.05) is 73.0 Å². The fraction of sp³-hybridized carbons (Fsp3) is 0.632. The van der Waals surface area contributed by atoms with Gasteiger partial charge in [0.2, 0.25) is 76.8 Å². The van der Waals surface area contributed by atoms with E-state index in [9.17, 15) is 67.4 Å². The van der Waals surface area contributed by atoms with Crippen LogP contribution >= 0.6 is 0 Å². The van der Waals surface area contributed by atoms with E-state index >= 15 is 0 Å². The van der Waals surface area contributed by atoms with Gasteiger partial charge in [-0.3, -0.25) is 92.3 Å². The highest BCUT2D eigenvalue weighted by atomic mass is 16.3. The summed E-state index contributed by atoms with van der Waals surface area (Å²) < 4.78 is 0. The quantitative estimate of drug-likeness (QED) is 0.0164. The SMILES string of the molecule is CC(=O)N[C@@H](Cc1ccc(O)cc1)C(=O)NCC(=O)N[C@@H](CCCN=C(N)N)C(=O)N[C@@H](CCCCN)C(=O)N[C@@H](CCCCN)C(=O)N[C@@H](CCCN=C(N)N)C(=O)N[C@@H](CCCN=C(N)N(C)C)C(=O)N[C@@H](CCC(N)=O)C(=O)N[C@@H](CCCN=C(N)N)C(=O)N[C@@H](CCCN=C(N)N)C(=O)N[C@@H](CCCN=C(N)N)C(N)=O. The predicted molar refractivity (Wildman–Crippen MR) is 432 cm³/mol. The largest absolute Gasteiger partial charge is 0.508 e. The van der Waals surface area contributed by atoms with Crippen LogP contribution in [0.3, 0.4) is 0 Å². The maximum atomic E-state index is 15.0. The van der Waals surface area contributed by atoms with E-state index in [0.29, 0.717) is 18.4 Å². The number of amides is 13. The maximum absolute atomic E-state index is 15.0. The summed E-state index contributed by atoms with van der Waals surface area (Å²) in [6.45, 7) is 0.704. The maximum Gasteiger partial charge on any atom is 0.243 e. The lowest BCUT2D eigenvalue weighted by Crippen LogP contribution is -2.60. The van der Waals surface area contributed by atoms with Crippen molar-refractivity contribution in [3.05, 3.63) is 29.8 Å². The van der Waals surface area contributed by atoms with E-state index in [1.165, 1.54) is 24.0 Å². The second kappa shape index (κ2) is 56.8. The van der Waals surface area contributed by atoms with Gasteiger partial charge >= 0.3 is 0 Å². The van der Waals surface area contributed by atoms with Gasteiger partial charge in [0.1, 0.15) is 66.2 Å². The zero-order chi connectivity index (χ0) is 86.5. The number of guanidine groups is 6. The number of aromatic hydroxyl groups is 1. The Kier molecular flexibility index (Phi) is 49.7. The van der Waals surface area contributed by atoms with Crippen LogP contribution < -0.4 is 144 Å². The van der Waals surface area contributed by atoms with Gasteiger partial charge in [0.05, 0.1) is 6.54 Å². The van der Waals surface area contributed by atoms with Gasteiger partial charge in [-0.15, -0.1) is 0 Å². The van der Waals surface area contributed by atoms with Crippen LogP contribution in [0.5, 0.6) is 5.75 Å². The normalized spacial score (nSPS) is 13.6. The number of benzene rings is 1. The fourth-order valence-corrected chi connectivity index (χ4v) is 10.9. The van der Waals surface area contributed by atoms with Crippen LogP contribution in [0.1, 0.15) is 141 Å². The molecular formula is C68H125N33O14. The standard InChI is InChI=1S/C68H125N33O14/c1-38(102)91-50(36-39-22-24-40(103)25-23-39)54(107)90-37-52(105)92-42(17-9-31-85-64(75)76)55(108)94-43(14-4-6-28-69)57(110)95-44(15-5-7-29-70)58(111)97-46(19-11-33-87-66(79)80)59(112)98-48(21-13-35-89-68(83)101(2)3)61(114)100-49(26-27-51(71)104)62(115)99-47(20-12-34-88-67(81)82)60(113)96-45(18-10-32-86-65(77)78)56(109)93-41(53(72)106)16-8-30-84-63(73)74/h22-25,41-50,103H,4-21,26-37,69-70H2,1-3H3,(H2,71,104)(H2,72,106)(H2,83,89)(H,90,107)(H,91,102)(H,92,105)(H,93,109)(H,94,108)(H,95,110)(H,96,113)(H,97,111)(H,98,112)(H,99,115)(H,100,114)(H4,73,74,84)(H4,75,76,85)(H4,77,78,86)(H4,79,80,87)(H4,81,82,88)/t41-,42-,43-,44-,45-,46-,47-,48-,49-,50-/m0/s1. The lowest BCUT2D eigenvalue weighted by atomic mass is 10.0. The molecule has 0 unspecified atom stereocenters. The molecule has 13 amide bonds. The number of hydrogen-bond acceptors (Lipinski definition) is 22. The zero-order valence-electron chi connectivity index (χ0n) is 65.8. The van der Waals surface area contributed by atoms with Gasteiger partial charge in [-0.1, -0.05) is 12.1 Å².